The first-order valence-corrected chi connectivity index (χ1v) is 7.73. The van der Waals surface area contributed by atoms with Gasteiger partial charge in [0.2, 0.25) is 0 Å². The van der Waals surface area contributed by atoms with Crippen LogP contribution in [0.15, 0.2) is 48.5 Å². The Morgan fingerprint density at radius 2 is 1.86 bits per heavy atom. The number of hydrogen-bond acceptors (Lipinski definition) is 2. The van der Waals surface area contributed by atoms with E-state index in [1.165, 1.54) is 16.7 Å². The van der Waals surface area contributed by atoms with E-state index < -0.39 is 0 Å². The lowest BCUT2D eigenvalue weighted by Crippen LogP contribution is -2.21. The summed E-state index contributed by atoms with van der Waals surface area (Å²) in [6.07, 6.45) is 4.22. The molecular formula is C19H23NO. The first-order chi connectivity index (χ1) is 10.3. The predicted octanol–water partition coefficient (Wildman–Crippen LogP) is 3.69. The van der Waals surface area contributed by atoms with Crippen LogP contribution in [0.3, 0.4) is 0 Å². The molecule has 0 fully saturated rings. The quantitative estimate of drug-likeness (QED) is 0.871. The zero-order valence-corrected chi connectivity index (χ0v) is 12.6. The van der Waals surface area contributed by atoms with Gasteiger partial charge in [0.1, 0.15) is 5.75 Å². The number of methoxy groups -OCH3 is 1. The van der Waals surface area contributed by atoms with Crippen molar-refractivity contribution in [2.24, 2.45) is 5.73 Å². The molecule has 0 spiro atoms. The summed E-state index contributed by atoms with van der Waals surface area (Å²) in [7, 11) is 1.76. The number of nitrogens with two attached hydrogens (primary N) is 1. The smallest absolute Gasteiger partial charge is 0.122 e. The number of hydrogen-bond donors (Lipinski definition) is 1. The van der Waals surface area contributed by atoms with Crippen molar-refractivity contribution in [3.63, 3.8) is 0 Å². The molecule has 0 amide bonds. The van der Waals surface area contributed by atoms with Gasteiger partial charge in [-0.1, -0.05) is 42.5 Å². The van der Waals surface area contributed by atoms with Crippen molar-refractivity contribution < 1.29 is 4.74 Å². The minimum absolute atomic E-state index is 0.261. The average Bonchev–Trinajstić information content (AvgIpc) is 2.67. The molecule has 1 aliphatic rings. The van der Waals surface area contributed by atoms with Gasteiger partial charge < -0.3 is 10.5 Å². The Kier molecular flexibility index (Phi) is 4.26. The molecule has 2 atom stereocenters. The van der Waals surface area contributed by atoms with E-state index in [1.807, 2.05) is 0 Å². The highest BCUT2D eigenvalue weighted by molar-refractivity contribution is 5.45. The Bertz CT molecular complexity index is 594. The normalized spacial score (nSPS) is 21.4. The van der Waals surface area contributed by atoms with Gasteiger partial charge in [0, 0.05) is 11.6 Å². The highest BCUT2D eigenvalue weighted by atomic mass is 16.5. The summed E-state index contributed by atoms with van der Waals surface area (Å²) in [5.41, 5.74) is 10.4. The molecule has 2 nitrogen and oxygen atoms in total. The minimum Gasteiger partial charge on any atom is -0.496 e. The Labute approximate surface area is 126 Å². The Balaban J connectivity index is 1.98. The third kappa shape index (κ3) is 3.11. The molecule has 0 aromatic heterocycles. The lowest BCUT2D eigenvalue weighted by molar-refractivity contribution is 0.403. The second kappa shape index (κ2) is 6.31. The van der Waals surface area contributed by atoms with Crippen LogP contribution in [0.1, 0.15) is 35.4 Å². The van der Waals surface area contributed by atoms with E-state index in [0.29, 0.717) is 5.92 Å². The van der Waals surface area contributed by atoms with Gasteiger partial charge in [0.15, 0.2) is 0 Å². The van der Waals surface area contributed by atoms with Gasteiger partial charge in [0.25, 0.3) is 0 Å². The fourth-order valence-corrected chi connectivity index (χ4v) is 3.46. The van der Waals surface area contributed by atoms with E-state index in [2.05, 4.69) is 48.5 Å². The third-order valence-electron chi connectivity index (χ3n) is 4.48. The van der Waals surface area contributed by atoms with Crippen molar-refractivity contribution in [1.29, 1.82) is 0 Å². The van der Waals surface area contributed by atoms with E-state index in [9.17, 15) is 0 Å². The number of rotatable bonds is 3. The average molecular weight is 281 g/mol. The standard InChI is InChI=1S/C19H23NO/c1-21-18-9-5-8-15-13-17(20)11-10-16(19(15)18)12-14-6-3-2-4-7-14/h2-9,16-17H,10-13,20H2,1H3. The molecule has 1 aliphatic carbocycles. The van der Waals surface area contributed by atoms with Gasteiger partial charge in [-0.25, -0.2) is 0 Å². The van der Waals surface area contributed by atoms with Crippen molar-refractivity contribution in [3.8, 4) is 5.75 Å². The first-order valence-electron chi connectivity index (χ1n) is 7.73. The van der Waals surface area contributed by atoms with Crippen molar-refractivity contribution >= 4 is 0 Å². The summed E-state index contributed by atoms with van der Waals surface area (Å²) in [4.78, 5) is 0. The molecule has 2 N–H and O–H groups in total. The maximum atomic E-state index is 6.26. The molecule has 0 radical (unpaired) electrons. The van der Waals surface area contributed by atoms with Gasteiger partial charge in [-0.15, -0.1) is 0 Å². The number of benzene rings is 2. The van der Waals surface area contributed by atoms with Crippen LogP contribution in [-0.2, 0) is 12.8 Å². The van der Waals surface area contributed by atoms with Crippen LogP contribution in [0.2, 0.25) is 0 Å². The number of fused-ring (bicyclic) bond motifs is 1. The van der Waals surface area contributed by atoms with E-state index in [4.69, 9.17) is 10.5 Å². The maximum absolute atomic E-state index is 6.26. The zero-order chi connectivity index (χ0) is 14.7. The van der Waals surface area contributed by atoms with Crippen molar-refractivity contribution in [2.75, 3.05) is 7.11 Å². The molecular weight excluding hydrogens is 258 g/mol. The summed E-state index contributed by atoms with van der Waals surface area (Å²) in [5.74, 6) is 1.51. The second-order valence-electron chi connectivity index (χ2n) is 5.96. The largest absolute Gasteiger partial charge is 0.496 e. The third-order valence-corrected chi connectivity index (χ3v) is 4.48. The van der Waals surface area contributed by atoms with Crippen molar-refractivity contribution in [2.45, 2.75) is 37.6 Å². The summed E-state index contributed by atoms with van der Waals surface area (Å²) in [6, 6.07) is 17.3. The summed E-state index contributed by atoms with van der Waals surface area (Å²) >= 11 is 0. The van der Waals surface area contributed by atoms with Crippen molar-refractivity contribution in [1.82, 2.24) is 0 Å². The summed E-state index contributed by atoms with van der Waals surface area (Å²) in [6.45, 7) is 0. The molecule has 0 aliphatic heterocycles. The lowest BCUT2D eigenvalue weighted by atomic mass is 9.86. The lowest BCUT2D eigenvalue weighted by Gasteiger charge is -2.20. The van der Waals surface area contributed by atoms with Gasteiger partial charge in [-0.05, 0) is 48.8 Å². The van der Waals surface area contributed by atoms with Crippen LogP contribution in [0.25, 0.3) is 0 Å². The van der Waals surface area contributed by atoms with Gasteiger partial charge in [-0.3, -0.25) is 0 Å². The molecule has 0 heterocycles. The number of ether oxygens (including phenoxy) is 1. The molecule has 2 heteroatoms. The fraction of sp³-hybridized carbons (Fsp3) is 0.368. The summed E-state index contributed by atoms with van der Waals surface area (Å²) in [5, 5.41) is 0. The van der Waals surface area contributed by atoms with E-state index in [0.717, 1.165) is 31.4 Å². The molecule has 21 heavy (non-hydrogen) atoms. The maximum Gasteiger partial charge on any atom is 0.122 e. The highest BCUT2D eigenvalue weighted by Gasteiger charge is 2.25. The summed E-state index contributed by atoms with van der Waals surface area (Å²) < 4.78 is 5.63. The van der Waals surface area contributed by atoms with Crippen LogP contribution in [-0.4, -0.2) is 13.2 Å². The van der Waals surface area contributed by atoms with Crippen LogP contribution < -0.4 is 10.5 Å². The Morgan fingerprint density at radius 3 is 2.62 bits per heavy atom. The topological polar surface area (TPSA) is 35.2 Å². The molecule has 2 aromatic carbocycles. The Morgan fingerprint density at radius 1 is 1.05 bits per heavy atom. The Hall–Kier alpha value is -1.80. The monoisotopic (exact) mass is 281 g/mol. The zero-order valence-electron chi connectivity index (χ0n) is 12.6. The molecule has 0 saturated heterocycles. The van der Waals surface area contributed by atoms with Crippen molar-refractivity contribution in [3.05, 3.63) is 65.2 Å². The van der Waals surface area contributed by atoms with Gasteiger partial charge in [-0.2, -0.15) is 0 Å². The molecule has 0 saturated carbocycles. The van der Waals surface area contributed by atoms with Crippen LogP contribution in [0, 0.1) is 0 Å². The molecule has 0 bridgehead atoms. The van der Waals surface area contributed by atoms with E-state index in [-0.39, 0.29) is 6.04 Å². The van der Waals surface area contributed by atoms with E-state index >= 15 is 0 Å². The van der Waals surface area contributed by atoms with Crippen LogP contribution in [0.4, 0.5) is 0 Å². The van der Waals surface area contributed by atoms with Crippen LogP contribution in [0.5, 0.6) is 5.75 Å². The molecule has 2 unspecified atom stereocenters. The second-order valence-corrected chi connectivity index (χ2v) is 5.96. The molecule has 3 rings (SSSR count). The molecule has 110 valence electrons. The van der Waals surface area contributed by atoms with Gasteiger partial charge >= 0.3 is 0 Å². The minimum atomic E-state index is 0.261. The fourth-order valence-electron chi connectivity index (χ4n) is 3.46. The highest BCUT2D eigenvalue weighted by Crippen LogP contribution is 2.38. The van der Waals surface area contributed by atoms with Crippen LogP contribution >= 0.6 is 0 Å². The SMILES string of the molecule is COc1cccc2c1C(Cc1ccccc1)CCC(N)C2. The predicted molar refractivity (Wildman–Crippen MR) is 86.8 cm³/mol. The first kappa shape index (κ1) is 14.2. The molecule has 2 aromatic rings. The van der Waals surface area contributed by atoms with E-state index in [1.54, 1.807) is 7.11 Å². The van der Waals surface area contributed by atoms with Gasteiger partial charge in [0.05, 0.1) is 7.11 Å².